The summed E-state index contributed by atoms with van der Waals surface area (Å²) < 4.78 is 31.8. The van der Waals surface area contributed by atoms with Crippen molar-refractivity contribution < 1.29 is 18.3 Å². The maximum Gasteiger partial charge on any atom is 0.262 e. The molecule has 4 nitrogen and oxygen atoms in total. The number of likely N-dealkylation sites (tertiary alicyclic amines) is 1. The van der Waals surface area contributed by atoms with Crippen molar-refractivity contribution in [3.05, 3.63) is 0 Å². The van der Waals surface area contributed by atoms with Crippen LogP contribution in [0.1, 0.15) is 26.7 Å². The minimum atomic E-state index is -2.76. The average molecular weight is 313 g/mol. The maximum absolute atomic E-state index is 13.1. The van der Waals surface area contributed by atoms with Gasteiger partial charge in [-0.05, 0) is 12.3 Å². The molecule has 2 aliphatic heterocycles. The van der Waals surface area contributed by atoms with E-state index in [1.54, 1.807) is 4.90 Å². The minimum absolute atomic E-state index is 0. The first-order valence-corrected chi connectivity index (χ1v) is 6.89. The Morgan fingerprint density at radius 1 is 1.50 bits per heavy atom. The molecule has 2 unspecified atom stereocenters. The molecule has 0 aromatic rings. The van der Waals surface area contributed by atoms with Gasteiger partial charge in [0.25, 0.3) is 5.92 Å². The Morgan fingerprint density at radius 3 is 2.75 bits per heavy atom. The minimum Gasteiger partial charge on any atom is -0.376 e. The molecular formula is C13H23ClF2N2O2. The van der Waals surface area contributed by atoms with Gasteiger partial charge >= 0.3 is 0 Å². The van der Waals surface area contributed by atoms with Crippen LogP contribution in [-0.2, 0) is 9.53 Å². The molecule has 20 heavy (non-hydrogen) atoms. The molecule has 2 saturated heterocycles. The Bertz CT molecular complexity index is 342. The molecule has 0 radical (unpaired) electrons. The third-order valence-corrected chi connectivity index (χ3v) is 3.53. The third-order valence-electron chi connectivity index (χ3n) is 3.53. The van der Waals surface area contributed by atoms with E-state index in [1.807, 2.05) is 0 Å². The summed E-state index contributed by atoms with van der Waals surface area (Å²) in [7, 11) is 0. The molecule has 1 amide bonds. The summed E-state index contributed by atoms with van der Waals surface area (Å²) >= 11 is 0. The number of nitrogens with zero attached hydrogens (tertiary/aromatic N) is 1. The SMILES string of the molecule is CC(C)COC1CCN(C(=O)C2CC(F)(F)CN2)C1.Cl. The van der Waals surface area contributed by atoms with Crippen LogP contribution in [0, 0.1) is 5.92 Å². The molecule has 7 heteroatoms. The van der Waals surface area contributed by atoms with Crippen molar-refractivity contribution in [2.24, 2.45) is 5.92 Å². The lowest BCUT2D eigenvalue weighted by Gasteiger charge is -2.21. The lowest BCUT2D eigenvalue weighted by Crippen LogP contribution is -2.43. The molecule has 2 atom stereocenters. The number of alkyl halides is 2. The number of amides is 1. The van der Waals surface area contributed by atoms with Crippen LogP contribution in [0.4, 0.5) is 8.78 Å². The maximum atomic E-state index is 13.1. The predicted octanol–water partition coefficient (Wildman–Crippen LogP) is 1.68. The van der Waals surface area contributed by atoms with Crippen LogP contribution >= 0.6 is 12.4 Å². The number of rotatable bonds is 4. The summed E-state index contributed by atoms with van der Waals surface area (Å²) in [5, 5.41) is 2.61. The number of hydrogen-bond acceptors (Lipinski definition) is 3. The molecule has 2 aliphatic rings. The second-order valence-electron chi connectivity index (χ2n) is 5.92. The summed E-state index contributed by atoms with van der Waals surface area (Å²) in [4.78, 5) is 13.7. The van der Waals surface area contributed by atoms with E-state index in [1.165, 1.54) is 0 Å². The van der Waals surface area contributed by atoms with Crippen molar-refractivity contribution in [1.82, 2.24) is 10.2 Å². The number of carbonyl (C=O) groups is 1. The van der Waals surface area contributed by atoms with E-state index in [9.17, 15) is 13.6 Å². The molecule has 2 fully saturated rings. The zero-order valence-corrected chi connectivity index (χ0v) is 12.7. The molecule has 0 aromatic carbocycles. The highest BCUT2D eigenvalue weighted by molar-refractivity contribution is 5.85. The Kier molecular flexibility index (Phi) is 6.16. The summed E-state index contributed by atoms with van der Waals surface area (Å²) in [5.41, 5.74) is 0. The van der Waals surface area contributed by atoms with Crippen LogP contribution in [0.2, 0.25) is 0 Å². The molecule has 118 valence electrons. The molecule has 2 rings (SSSR count). The van der Waals surface area contributed by atoms with E-state index in [0.717, 1.165) is 6.42 Å². The predicted molar refractivity (Wildman–Crippen MR) is 74.4 cm³/mol. The quantitative estimate of drug-likeness (QED) is 0.859. The number of ether oxygens (including phenoxy) is 1. The molecule has 0 bridgehead atoms. The van der Waals surface area contributed by atoms with Gasteiger partial charge in [-0.25, -0.2) is 8.78 Å². The molecular weight excluding hydrogens is 290 g/mol. The van der Waals surface area contributed by atoms with E-state index < -0.39 is 18.5 Å². The number of hydrogen-bond donors (Lipinski definition) is 1. The lowest BCUT2D eigenvalue weighted by atomic mass is 10.2. The molecule has 1 N–H and O–H groups in total. The monoisotopic (exact) mass is 312 g/mol. The van der Waals surface area contributed by atoms with Crippen molar-refractivity contribution in [2.75, 3.05) is 26.2 Å². The zero-order valence-electron chi connectivity index (χ0n) is 11.9. The van der Waals surface area contributed by atoms with Gasteiger partial charge in [0.2, 0.25) is 5.91 Å². The number of halogens is 3. The van der Waals surface area contributed by atoms with Gasteiger partial charge in [-0.3, -0.25) is 10.1 Å². The first-order chi connectivity index (χ1) is 8.87. The fraction of sp³-hybridized carbons (Fsp3) is 0.923. The smallest absolute Gasteiger partial charge is 0.262 e. The topological polar surface area (TPSA) is 41.6 Å². The van der Waals surface area contributed by atoms with E-state index in [2.05, 4.69) is 19.2 Å². The van der Waals surface area contributed by atoms with Gasteiger partial charge in [-0.1, -0.05) is 13.8 Å². The summed E-state index contributed by atoms with van der Waals surface area (Å²) in [6.07, 6.45) is 0.454. The van der Waals surface area contributed by atoms with Crippen LogP contribution in [-0.4, -0.2) is 55.1 Å². The largest absolute Gasteiger partial charge is 0.376 e. The van der Waals surface area contributed by atoms with Crippen LogP contribution in [0.5, 0.6) is 0 Å². The molecule has 2 heterocycles. The normalized spacial score (nSPS) is 28.8. The van der Waals surface area contributed by atoms with Gasteiger partial charge in [0.05, 0.1) is 18.7 Å². The van der Waals surface area contributed by atoms with Crippen molar-refractivity contribution in [3.8, 4) is 0 Å². The zero-order chi connectivity index (χ0) is 14.0. The van der Waals surface area contributed by atoms with Crippen LogP contribution in [0.15, 0.2) is 0 Å². The van der Waals surface area contributed by atoms with Crippen LogP contribution in [0.3, 0.4) is 0 Å². The van der Waals surface area contributed by atoms with Crippen molar-refractivity contribution in [2.45, 2.75) is 44.8 Å². The summed E-state index contributed by atoms with van der Waals surface area (Å²) in [5.74, 6) is -2.51. The fourth-order valence-electron chi connectivity index (χ4n) is 2.50. The van der Waals surface area contributed by atoms with Crippen LogP contribution in [0.25, 0.3) is 0 Å². The van der Waals surface area contributed by atoms with Gasteiger partial charge in [0.15, 0.2) is 0 Å². The van der Waals surface area contributed by atoms with E-state index >= 15 is 0 Å². The number of carbonyl (C=O) groups excluding carboxylic acids is 1. The Balaban J connectivity index is 0.00000200. The highest BCUT2D eigenvalue weighted by Gasteiger charge is 2.44. The van der Waals surface area contributed by atoms with Crippen molar-refractivity contribution >= 4 is 18.3 Å². The Labute approximate surface area is 124 Å². The van der Waals surface area contributed by atoms with Gasteiger partial charge in [0, 0.05) is 26.1 Å². The first-order valence-electron chi connectivity index (χ1n) is 6.89. The second-order valence-corrected chi connectivity index (χ2v) is 5.92. The fourth-order valence-corrected chi connectivity index (χ4v) is 2.50. The van der Waals surface area contributed by atoms with Crippen molar-refractivity contribution in [3.63, 3.8) is 0 Å². The third kappa shape index (κ3) is 4.53. The summed E-state index contributed by atoms with van der Waals surface area (Å²) in [6, 6.07) is -0.737. The summed E-state index contributed by atoms with van der Waals surface area (Å²) in [6.45, 7) is 5.54. The van der Waals surface area contributed by atoms with E-state index in [-0.39, 0.29) is 30.8 Å². The molecule has 0 saturated carbocycles. The molecule has 0 spiro atoms. The van der Waals surface area contributed by atoms with Crippen molar-refractivity contribution in [1.29, 1.82) is 0 Å². The van der Waals surface area contributed by atoms with Gasteiger partial charge in [-0.15, -0.1) is 12.4 Å². The highest BCUT2D eigenvalue weighted by atomic mass is 35.5. The lowest BCUT2D eigenvalue weighted by molar-refractivity contribution is -0.133. The van der Waals surface area contributed by atoms with E-state index in [4.69, 9.17) is 4.74 Å². The molecule has 0 aliphatic carbocycles. The van der Waals surface area contributed by atoms with Gasteiger partial charge < -0.3 is 9.64 Å². The van der Waals surface area contributed by atoms with Crippen LogP contribution < -0.4 is 5.32 Å². The Hall–Kier alpha value is -0.460. The molecule has 0 aromatic heterocycles. The highest BCUT2D eigenvalue weighted by Crippen LogP contribution is 2.27. The first kappa shape index (κ1) is 17.6. The second kappa shape index (κ2) is 7.00. The standard InChI is InChI=1S/C13H22F2N2O2.ClH/c1-9(2)7-19-10-3-4-17(6-10)12(18)11-5-13(14,15)8-16-11;/h9-11,16H,3-8H2,1-2H3;1H. The Morgan fingerprint density at radius 2 is 2.20 bits per heavy atom. The number of nitrogens with one attached hydrogen (secondary N) is 1. The van der Waals surface area contributed by atoms with E-state index in [0.29, 0.717) is 25.6 Å². The average Bonchev–Trinajstić information content (AvgIpc) is 2.92. The van der Waals surface area contributed by atoms with Gasteiger partial charge in [-0.2, -0.15) is 0 Å². The van der Waals surface area contributed by atoms with Gasteiger partial charge in [0.1, 0.15) is 0 Å².